The number of phenolic OH excluding ortho intramolecular Hbond substituents is 1. The van der Waals surface area contributed by atoms with Gasteiger partial charge in [0, 0.05) is 0 Å². The summed E-state index contributed by atoms with van der Waals surface area (Å²) in [5.41, 5.74) is 0.101. The minimum absolute atomic E-state index is 0.0503. The number of para-hydroxylation sites is 1. The van der Waals surface area contributed by atoms with Crippen LogP contribution in [-0.2, 0) is 0 Å². The highest BCUT2D eigenvalue weighted by molar-refractivity contribution is 5.49. The van der Waals surface area contributed by atoms with Gasteiger partial charge in [0.2, 0.25) is 5.75 Å². The lowest BCUT2D eigenvalue weighted by atomic mass is 9.98. The van der Waals surface area contributed by atoms with Gasteiger partial charge in [0.15, 0.2) is 11.5 Å². The van der Waals surface area contributed by atoms with E-state index in [1.807, 2.05) is 6.07 Å². The van der Waals surface area contributed by atoms with Crippen LogP contribution in [0.4, 0.5) is 0 Å². The lowest BCUT2D eigenvalue weighted by molar-refractivity contribution is 0.178. The lowest BCUT2D eigenvalue weighted by Crippen LogP contribution is -2.18. The molecule has 0 saturated heterocycles. The summed E-state index contributed by atoms with van der Waals surface area (Å²) in [6.45, 7) is 13.6. The van der Waals surface area contributed by atoms with Gasteiger partial charge in [0.05, 0.1) is 13.2 Å². The molecule has 3 heteroatoms. The summed E-state index contributed by atoms with van der Waals surface area (Å²) in [5.74, 6) is 1.03. The fourth-order valence-electron chi connectivity index (χ4n) is 1.32. The first kappa shape index (κ1) is 15.7. The summed E-state index contributed by atoms with van der Waals surface area (Å²) in [6, 6.07) is 5.34. The molecule has 0 aliphatic carbocycles. The van der Waals surface area contributed by atoms with Crippen LogP contribution in [0.25, 0.3) is 0 Å². The Labute approximate surface area is 116 Å². The van der Waals surface area contributed by atoms with Crippen molar-refractivity contribution in [1.29, 1.82) is 0 Å². The zero-order valence-electron chi connectivity index (χ0n) is 12.9. The molecule has 0 bridgehead atoms. The van der Waals surface area contributed by atoms with Gasteiger partial charge in [-0.15, -0.1) is 0 Å². The van der Waals surface area contributed by atoms with Crippen LogP contribution in [0.1, 0.15) is 41.5 Å². The van der Waals surface area contributed by atoms with Crippen LogP contribution < -0.4 is 9.47 Å². The molecule has 108 valence electrons. The predicted molar refractivity (Wildman–Crippen MR) is 78.0 cm³/mol. The van der Waals surface area contributed by atoms with E-state index in [4.69, 9.17) is 9.47 Å². The van der Waals surface area contributed by atoms with Crippen molar-refractivity contribution >= 4 is 0 Å². The molecule has 0 radical (unpaired) electrons. The minimum Gasteiger partial charge on any atom is -0.502 e. The van der Waals surface area contributed by atoms with Crippen LogP contribution in [0.5, 0.6) is 17.2 Å². The van der Waals surface area contributed by atoms with Gasteiger partial charge in [-0.3, -0.25) is 0 Å². The Morgan fingerprint density at radius 1 is 0.842 bits per heavy atom. The van der Waals surface area contributed by atoms with Gasteiger partial charge in [-0.25, -0.2) is 0 Å². The Hall–Kier alpha value is -1.38. The van der Waals surface area contributed by atoms with Gasteiger partial charge in [0.25, 0.3) is 0 Å². The fourth-order valence-corrected chi connectivity index (χ4v) is 1.32. The molecule has 0 unspecified atom stereocenters. The van der Waals surface area contributed by atoms with E-state index >= 15 is 0 Å². The SMILES string of the molecule is CC(C)(C)COc1cccc(OCC(C)(C)C)c1O. The van der Waals surface area contributed by atoms with Gasteiger partial charge < -0.3 is 14.6 Å². The average molecular weight is 266 g/mol. The molecule has 0 heterocycles. The largest absolute Gasteiger partial charge is 0.502 e. The third-order valence-corrected chi connectivity index (χ3v) is 2.28. The molecular formula is C16H26O3. The van der Waals surface area contributed by atoms with Crippen LogP contribution in [0.2, 0.25) is 0 Å². The molecule has 1 aromatic carbocycles. The van der Waals surface area contributed by atoms with Gasteiger partial charge in [-0.1, -0.05) is 47.6 Å². The third kappa shape index (κ3) is 5.86. The van der Waals surface area contributed by atoms with E-state index in [1.54, 1.807) is 12.1 Å². The summed E-state index contributed by atoms with van der Waals surface area (Å²) >= 11 is 0. The minimum atomic E-state index is 0.0503. The maximum absolute atomic E-state index is 10.1. The monoisotopic (exact) mass is 266 g/mol. The number of ether oxygens (including phenoxy) is 2. The molecule has 0 saturated carbocycles. The third-order valence-electron chi connectivity index (χ3n) is 2.28. The first-order valence-corrected chi connectivity index (χ1v) is 6.66. The average Bonchev–Trinajstić information content (AvgIpc) is 2.23. The van der Waals surface area contributed by atoms with Crippen LogP contribution >= 0.6 is 0 Å². The van der Waals surface area contributed by atoms with Gasteiger partial charge >= 0.3 is 0 Å². The van der Waals surface area contributed by atoms with E-state index in [1.165, 1.54) is 0 Å². The zero-order chi connectivity index (χ0) is 14.7. The topological polar surface area (TPSA) is 38.7 Å². The molecule has 0 aromatic heterocycles. The molecule has 0 aliphatic heterocycles. The second-order valence-electron chi connectivity index (χ2n) is 7.30. The first-order chi connectivity index (χ1) is 8.58. The van der Waals surface area contributed by atoms with Crippen LogP contribution in [-0.4, -0.2) is 18.3 Å². The van der Waals surface area contributed by atoms with Gasteiger partial charge in [-0.2, -0.15) is 0 Å². The molecule has 0 atom stereocenters. The highest BCUT2D eigenvalue weighted by atomic mass is 16.5. The van der Waals surface area contributed by atoms with E-state index in [2.05, 4.69) is 41.5 Å². The Morgan fingerprint density at radius 2 is 1.21 bits per heavy atom. The summed E-state index contributed by atoms with van der Waals surface area (Å²) in [5, 5.41) is 10.1. The normalized spacial score (nSPS) is 12.3. The van der Waals surface area contributed by atoms with Crippen molar-refractivity contribution < 1.29 is 14.6 Å². The molecule has 0 fully saturated rings. The van der Waals surface area contributed by atoms with E-state index in [0.717, 1.165) is 0 Å². The maximum atomic E-state index is 10.1. The van der Waals surface area contributed by atoms with Gasteiger partial charge in [-0.05, 0) is 23.0 Å². The van der Waals surface area contributed by atoms with Crippen LogP contribution in [0.15, 0.2) is 18.2 Å². The Balaban J connectivity index is 2.75. The second-order valence-corrected chi connectivity index (χ2v) is 7.30. The summed E-state index contributed by atoms with van der Waals surface area (Å²) in [7, 11) is 0. The smallest absolute Gasteiger partial charge is 0.200 e. The molecule has 1 aromatic rings. The quantitative estimate of drug-likeness (QED) is 0.885. The zero-order valence-corrected chi connectivity index (χ0v) is 12.9. The highest BCUT2D eigenvalue weighted by Gasteiger charge is 2.17. The number of phenols is 1. The number of benzene rings is 1. The Kier molecular flexibility index (Phi) is 4.72. The summed E-state index contributed by atoms with van der Waals surface area (Å²) < 4.78 is 11.3. The predicted octanol–water partition coefficient (Wildman–Crippen LogP) is 4.24. The Bertz CT molecular complexity index is 375. The second kappa shape index (κ2) is 5.72. The number of aromatic hydroxyl groups is 1. The first-order valence-electron chi connectivity index (χ1n) is 6.66. The molecule has 0 spiro atoms. The number of hydrogen-bond acceptors (Lipinski definition) is 3. The molecule has 0 aliphatic rings. The summed E-state index contributed by atoms with van der Waals surface area (Å²) in [6.07, 6.45) is 0. The molecule has 3 nitrogen and oxygen atoms in total. The molecular weight excluding hydrogens is 240 g/mol. The standard InChI is InChI=1S/C16H26O3/c1-15(2,3)10-18-12-8-7-9-13(14(12)17)19-11-16(4,5)6/h7-9,17H,10-11H2,1-6H3. The highest BCUT2D eigenvalue weighted by Crippen LogP contribution is 2.37. The van der Waals surface area contributed by atoms with E-state index in [-0.39, 0.29) is 16.6 Å². The number of hydrogen-bond donors (Lipinski definition) is 1. The maximum Gasteiger partial charge on any atom is 0.200 e. The molecule has 1 rings (SSSR count). The Morgan fingerprint density at radius 3 is 1.53 bits per heavy atom. The van der Waals surface area contributed by atoms with Crippen molar-refractivity contribution in [2.75, 3.05) is 13.2 Å². The van der Waals surface area contributed by atoms with Crippen molar-refractivity contribution in [3.05, 3.63) is 18.2 Å². The van der Waals surface area contributed by atoms with Crippen molar-refractivity contribution in [3.63, 3.8) is 0 Å². The lowest BCUT2D eigenvalue weighted by Gasteiger charge is -2.21. The van der Waals surface area contributed by atoms with Crippen LogP contribution in [0, 0.1) is 10.8 Å². The van der Waals surface area contributed by atoms with Crippen LogP contribution in [0.3, 0.4) is 0 Å². The van der Waals surface area contributed by atoms with E-state index in [0.29, 0.717) is 24.7 Å². The van der Waals surface area contributed by atoms with Gasteiger partial charge in [0.1, 0.15) is 0 Å². The molecule has 1 N–H and O–H groups in total. The van der Waals surface area contributed by atoms with Crippen molar-refractivity contribution in [1.82, 2.24) is 0 Å². The number of rotatable bonds is 4. The van der Waals surface area contributed by atoms with E-state index < -0.39 is 0 Å². The van der Waals surface area contributed by atoms with Crippen molar-refractivity contribution in [3.8, 4) is 17.2 Å². The fraction of sp³-hybridized carbons (Fsp3) is 0.625. The molecule has 0 amide bonds. The van der Waals surface area contributed by atoms with E-state index in [9.17, 15) is 5.11 Å². The van der Waals surface area contributed by atoms with Crippen molar-refractivity contribution in [2.45, 2.75) is 41.5 Å². The van der Waals surface area contributed by atoms with Crippen molar-refractivity contribution in [2.24, 2.45) is 10.8 Å². The summed E-state index contributed by atoms with van der Waals surface area (Å²) in [4.78, 5) is 0. The molecule has 19 heavy (non-hydrogen) atoms.